The maximum absolute atomic E-state index is 3.65. The molecule has 1 atom stereocenters. The first-order valence-corrected chi connectivity index (χ1v) is 8.44. The third-order valence-corrected chi connectivity index (χ3v) is 3.97. The fourth-order valence-electron chi connectivity index (χ4n) is 2.11. The van der Waals surface area contributed by atoms with Gasteiger partial charge in [-0.05, 0) is 36.8 Å². The van der Waals surface area contributed by atoms with Crippen molar-refractivity contribution < 1.29 is 0 Å². The van der Waals surface area contributed by atoms with Gasteiger partial charge in [0.2, 0.25) is 0 Å². The van der Waals surface area contributed by atoms with Gasteiger partial charge in [-0.1, -0.05) is 27.2 Å². The summed E-state index contributed by atoms with van der Waals surface area (Å²) in [5.41, 5.74) is 1.45. The molecule has 0 saturated carbocycles. The molecular formula is C15H28N2S. The van der Waals surface area contributed by atoms with Gasteiger partial charge in [-0.25, -0.2) is 0 Å². The van der Waals surface area contributed by atoms with Gasteiger partial charge < -0.3 is 9.88 Å². The molecule has 0 fully saturated rings. The van der Waals surface area contributed by atoms with Crippen molar-refractivity contribution in [3.8, 4) is 0 Å². The Balaban J connectivity index is 2.50. The van der Waals surface area contributed by atoms with Crippen molar-refractivity contribution in [2.75, 3.05) is 18.1 Å². The van der Waals surface area contributed by atoms with Crippen molar-refractivity contribution in [2.24, 2.45) is 0 Å². The zero-order chi connectivity index (χ0) is 13.2. The molecule has 1 N–H and O–H groups in total. The van der Waals surface area contributed by atoms with Crippen LogP contribution in [0.5, 0.6) is 0 Å². The summed E-state index contributed by atoms with van der Waals surface area (Å²) in [4.78, 5) is 0. The Hall–Kier alpha value is -0.410. The normalized spacial score (nSPS) is 12.8. The maximum Gasteiger partial charge on any atom is 0.0335 e. The van der Waals surface area contributed by atoms with Gasteiger partial charge in [0.25, 0.3) is 0 Å². The molecule has 18 heavy (non-hydrogen) atoms. The van der Waals surface area contributed by atoms with Crippen LogP contribution in [0.15, 0.2) is 18.5 Å². The van der Waals surface area contributed by atoms with Crippen molar-refractivity contribution >= 4 is 11.8 Å². The van der Waals surface area contributed by atoms with Crippen LogP contribution in [0.1, 0.15) is 51.6 Å². The van der Waals surface area contributed by atoms with Gasteiger partial charge in [0, 0.05) is 30.7 Å². The van der Waals surface area contributed by atoms with Gasteiger partial charge in [0.1, 0.15) is 0 Å². The lowest BCUT2D eigenvalue weighted by Gasteiger charge is -2.16. The number of aryl methyl sites for hydroxylation is 1. The van der Waals surface area contributed by atoms with Crippen LogP contribution in [0, 0.1) is 0 Å². The second-order valence-electron chi connectivity index (χ2n) is 4.67. The lowest BCUT2D eigenvalue weighted by molar-refractivity contribution is 0.493. The zero-order valence-electron chi connectivity index (χ0n) is 12.1. The van der Waals surface area contributed by atoms with E-state index in [1.807, 2.05) is 11.8 Å². The van der Waals surface area contributed by atoms with Gasteiger partial charge in [0.15, 0.2) is 0 Å². The summed E-state index contributed by atoms with van der Waals surface area (Å²) in [5.74, 6) is 2.43. The summed E-state index contributed by atoms with van der Waals surface area (Å²) < 4.78 is 2.33. The number of thioether (sulfide) groups is 1. The molecule has 2 nitrogen and oxygen atoms in total. The first-order chi connectivity index (χ1) is 8.81. The molecule has 1 aromatic rings. The van der Waals surface area contributed by atoms with Crippen LogP contribution in [-0.2, 0) is 6.54 Å². The molecule has 0 aromatic carbocycles. The van der Waals surface area contributed by atoms with Crippen molar-refractivity contribution in [2.45, 2.75) is 52.6 Å². The average molecular weight is 268 g/mol. The van der Waals surface area contributed by atoms with Crippen molar-refractivity contribution in [3.63, 3.8) is 0 Å². The number of rotatable bonds is 10. The highest BCUT2D eigenvalue weighted by atomic mass is 32.2. The van der Waals surface area contributed by atoms with Gasteiger partial charge in [0.05, 0.1) is 0 Å². The lowest BCUT2D eigenvalue weighted by atomic mass is 10.1. The van der Waals surface area contributed by atoms with E-state index in [1.54, 1.807) is 0 Å². The minimum absolute atomic E-state index is 0.537. The summed E-state index contributed by atoms with van der Waals surface area (Å²) in [6, 6.07) is 2.81. The van der Waals surface area contributed by atoms with Crippen LogP contribution in [0.4, 0.5) is 0 Å². The monoisotopic (exact) mass is 268 g/mol. The molecule has 3 heteroatoms. The Bertz CT molecular complexity index is 309. The molecule has 0 radical (unpaired) electrons. The number of nitrogens with zero attached hydrogens (tertiary/aromatic N) is 1. The quantitative estimate of drug-likeness (QED) is 0.644. The minimum atomic E-state index is 0.537. The smallest absolute Gasteiger partial charge is 0.0335 e. The van der Waals surface area contributed by atoms with Crippen molar-refractivity contribution in [1.29, 1.82) is 0 Å². The molecule has 0 saturated heterocycles. The second kappa shape index (κ2) is 9.51. The molecule has 1 unspecified atom stereocenters. The predicted molar refractivity (Wildman–Crippen MR) is 83.4 cm³/mol. The Kier molecular flexibility index (Phi) is 8.27. The molecule has 1 heterocycles. The molecule has 0 aliphatic heterocycles. The number of nitrogens with one attached hydrogen (secondary N) is 1. The first-order valence-electron chi connectivity index (χ1n) is 7.28. The third kappa shape index (κ3) is 5.49. The fourth-order valence-corrected chi connectivity index (χ4v) is 2.74. The van der Waals surface area contributed by atoms with Crippen LogP contribution in [0.2, 0.25) is 0 Å². The standard InChI is InChI=1S/C15H28N2S/c1-4-7-15(16-9-5-2)14-8-10-17(13-14)11-12-18-6-3/h8,10,13,15-16H,4-7,9,11-12H2,1-3H3. The van der Waals surface area contributed by atoms with Crippen molar-refractivity contribution in [3.05, 3.63) is 24.0 Å². The van der Waals surface area contributed by atoms with Crippen LogP contribution in [0.3, 0.4) is 0 Å². The van der Waals surface area contributed by atoms with Gasteiger partial charge in [-0.3, -0.25) is 0 Å². The molecule has 0 bridgehead atoms. The zero-order valence-corrected chi connectivity index (χ0v) is 12.9. The molecular weight excluding hydrogens is 240 g/mol. The van der Waals surface area contributed by atoms with E-state index in [0.717, 1.165) is 13.1 Å². The summed E-state index contributed by atoms with van der Waals surface area (Å²) in [6.07, 6.45) is 8.21. The number of hydrogen-bond acceptors (Lipinski definition) is 2. The Morgan fingerprint density at radius 1 is 1.28 bits per heavy atom. The van der Waals surface area contributed by atoms with Crippen LogP contribution in [0.25, 0.3) is 0 Å². The van der Waals surface area contributed by atoms with Gasteiger partial charge in [-0.15, -0.1) is 0 Å². The molecule has 1 rings (SSSR count). The van der Waals surface area contributed by atoms with Crippen LogP contribution >= 0.6 is 11.8 Å². The van der Waals surface area contributed by atoms with Crippen LogP contribution in [-0.4, -0.2) is 22.6 Å². The molecule has 0 spiro atoms. The van der Waals surface area contributed by atoms with E-state index in [4.69, 9.17) is 0 Å². The Morgan fingerprint density at radius 2 is 2.11 bits per heavy atom. The number of aromatic nitrogens is 1. The molecule has 104 valence electrons. The van der Waals surface area contributed by atoms with E-state index in [-0.39, 0.29) is 0 Å². The second-order valence-corrected chi connectivity index (χ2v) is 6.07. The van der Waals surface area contributed by atoms with E-state index in [1.165, 1.54) is 36.3 Å². The summed E-state index contributed by atoms with van der Waals surface area (Å²) in [6.45, 7) is 8.95. The molecule has 0 aliphatic rings. The number of hydrogen-bond donors (Lipinski definition) is 1. The van der Waals surface area contributed by atoms with Crippen LogP contribution < -0.4 is 5.32 Å². The topological polar surface area (TPSA) is 17.0 Å². The maximum atomic E-state index is 3.65. The molecule has 0 amide bonds. The third-order valence-electron chi connectivity index (χ3n) is 3.09. The van der Waals surface area contributed by atoms with Crippen molar-refractivity contribution in [1.82, 2.24) is 9.88 Å². The van der Waals surface area contributed by atoms with E-state index < -0.39 is 0 Å². The van der Waals surface area contributed by atoms with E-state index in [2.05, 4.69) is 49.1 Å². The molecule has 1 aromatic heterocycles. The Morgan fingerprint density at radius 3 is 2.78 bits per heavy atom. The first kappa shape index (κ1) is 15.6. The Labute approximate surface area is 117 Å². The summed E-state index contributed by atoms with van der Waals surface area (Å²) in [5, 5.41) is 3.65. The fraction of sp³-hybridized carbons (Fsp3) is 0.733. The predicted octanol–water partition coefficient (Wildman–Crippen LogP) is 4.08. The molecule has 0 aliphatic carbocycles. The highest BCUT2D eigenvalue weighted by molar-refractivity contribution is 7.99. The van der Waals surface area contributed by atoms with E-state index in [0.29, 0.717) is 6.04 Å². The minimum Gasteiger partial charge on any atom is -0.353 e. The highest BCUT2D eigenvalue weighted by Crippen LogP contribution is 2.19. The van der Waals surface area contributed by atoms with Gasteiger partial charge in [-0.2, -0.15) is 11.8 Å². The largest absolute Gasteiger partial charge is 0.353 e. The SMILES string of the molecule is CCCNC(CCC)c1ccn(CCSCC)c1. The average Bonchev–Trinajstić information content (AvgIpc) is 2.83. The van der Waals surface area contributed by atoms with Gasteiger partial charge >= 0.3 is 0 Å². The van der Waals surface area contributed by atoms with E-state index >= 15 is 0 Å². The highest BCUT2D eigenvalue weighted by Gasteiger charge is 2.10. The summed E-state index contributed by atoms with van der Waals surface area (Å²) >= 11 is 2.01. The lowest BCUT2D eigenvalue weighted by Crippen LogP contribution is -2.21. The summed E-state index contributed by atoms with van der Waals surface area (Å²) in [7, 11) is 0. The van der Waals surface area contributed by atoms with E-state index in [9.17, 15) is 0 Å².